The monoisotopic (exact) mass is 426 g/mol. The average molecular weight is 427 g/mol. The van der Waals surface area contributed by atoms with Gasteiger partial charge in [-0.2, -0.15) is 4.37 Å². The van der Waals surface area contributed by atoms with Crippen LogP contribution in [0.3, 0.4) is 0 Å². The van der Waals surface area contributed by atoms with Crippen LogP contribution in [-0.2, 0) is 4.57 Å². The molecule has 2 fully saturated rings. The summed E-state index contributed by atoms with van der Waals surface area (Å²) >= 11 is 4.72. The molecule has 3 rings (SSSR count). The van der Waals surface area contributed by atoms with Crippen molar-refractivity contribution in [2.75, 3.05) is 6.54 Å². The number of nitrogens with zero attached hydrogens (tertiary/aromatic N) is 2. The number of fused-ring (bicyclic) bond motifs is 1. The molecule has 0 aromatic carbocycles. The summed E-state index contributed by atoms with van der Waals surface area (Å²) in [5.74, 6) is 0.868. The molecular weight excluding hydrogens is 407 g/mol. The fourth-order valence-electron chi connectivity index (χ4n) is 3.38. The van der Waals surface area contributed by atoms with Gasteiger partial charge in [-0.25, -0.2) is 4.57 Å². The maximum Gasteiger partial charge on any atom is 0.466 e. The minimum Gasteiger partial charge on any atom is -0.334 e. The molecule has 3 N–H and O–H groups in total. The molecule has 0 bridgehead atoms. The van der Waals surface area contributed by atoms with Gasteiger partial charge in [-0.3, -0.25) is 4.79 Å². The van der Waals surface area contributed by atoms with E-state index >= 15 is 0 Å². The van der Waals surface area contributed by atoms with Crippen LogP contribution in [0.4, 0.5) is 0 Å². The summed E-state index contributed by atoms with van der Waals surface area (Å²) in [7, 11) is -4.64. The number of aromatic nitrogens is 1. The van der Waals surface area contributed by atoms with Crippen molar-refractivity contribution in [3.63, 3.8) is 0 Å². The molecule has 1 aromatic heterocycles. The van der Waals surface area contributed by atoms with E-state index in [9.17, 15) is 4.79 Å². The Kier molecular flexibility index (Phi) is 6.77. The van der Waals surface area contributed by atoms with E-state index in [4.69, 9.17) is 19.2 Å². The smallest absolute Gasteiger partial charge is 0.334 e. The molecule has 1 aromatic rings. The second kappa shape index (κ2) is 8.18. The number of rotatable bonds is 1. The van der Waals surface area contributed by atoms with Crippen LogP contribution >= 0.6 is 35.3 Å². The summed E-state index contributed by atoms with van der Waals surface area (Å²) in [6, 6.07) is 2.32. The molecule has 1 saturated carbocycles. The standard InChI is InChI=1S/C13H17BrN2OS.H3O4P/c14-12-8-10(15-18-12)13(17)16-7-3-5-9-4-1-2-6-11(9)16;1-5(2,3)4/h8-9,11H,1-7H2;(H3,1,2,3,4)/t9-,11-;/m0./s1. The summed E-state index contributed by atoms with van der Waals surface area (Å²) in [5, 5.41) is 0. The predicted octanol–water partition coefficient (Wildman–Crippen LogP) is 2.77. The van der Waals surface area contributed by atoms with Crippen LogP contribution in [0, 0.1) is 5.92 Å². The second-order valence-electron chi connectivity index (χ2n) is 5.78. The average Bonchev–Trinajstić information content (AvgIpc) is 2.91. The molecule has 1 aliphatic carbocycles. The van der Waals surface area contributed by atoms with E-state index in [1.807, 2.05) is 6.07 Å². The largest absolute Gasteiger partial charge is 0.466 e. The zero-order valence-corrected chi connectivity index (χ0v) is 15.8. The van der Waals surface area contributed by atoms with Crippen LogP contribution in [0.25, 0.3) is 0 Å². The molecule has 10 heteroatoms. The van der Waals surface area contributed by atoms with Gasteiger partial charge in [0.15, 0.2) is 0 Å². The lowest BCUT2D eigenvalue weighted by atomic mass is 9.78. The van der Waals surface area contributed by atoms with Gasteiger partial charge in [0.1, 0.15) is 5.69 Å². The van der Waals surface area contributed by atoms with Gasteiger partial charge >= 0.3 is 7.82 Å². The van der Waals surface area contributed by atoms with E-state index < -0.39 is 7.82 Å². The second-order valence-corrected chi connectivity index (χ2v) is 8.99. The molecule has 23 heavy (non-hydrogen) atoms. The highest BCUT2D eigenvalue weighted by molar-refractivity contribution is 9.11. The topological polar surface area (TPSA) is 111 Å². The molecule has 0 spiro atoms. The predicted molar refractivity (Wildman–Crippen MR) is 90.1 cm³/mol. The van der Waals surface area contributed by atoms with E-state index in [1.165, 1.54) is 43.6 Å². The number of piperidine rings is 1. The van der Waals surface area contributed by atoms with E-state index in [0.29, 0.717) is 11.7 Å². The number of hydrogen-bond acceptors (Lipinski definition) is 4. The highest BCUT2D eigenvalue weighted by Crippen LogP contribution is 2.36. The first-order chi connectivity index (χ1) is 10.8. The van der Waals surface area contributed by atoms with Crippen molar-refractivity contribution in [2.24, 2.45) is 5.92 Å². The SMILES string of the molecule is O=C(c1cc(Br)sn1)N1CCC[C@@H]2CCCC[C@@H]21.O=P(O)(O)O. The van der Waals surface area contributed by atoms with Gasteiger partial charge < -0.3 is 19.6 Å². The van der Waals surface area contributed by atoms with Crippen molar-refractivity contribution in [3.05, 3.63) is 15.5 Å². The number of carbonyl (C=O) groups is 1. The van der Waals surface area contributed by atoms with Crippen molar-refractivity contribution in [1.82, 2.24) is 9.27 Å². The molecule has 1 saturated heterocycles. The first kappa shape index (κ1) is 19.0. The van der Waals surface area contributed by atoms with Gasteiger partial charge in [0.05, 0.1) is 3.79 Å². The Balaban J connectivity index is 0.000000338. The Morgan fingerprint density at radius 3 is 2.48 bits per heavy atom. The van der Waals surface area contributed by atoms with E-state index in [1.54, 1.807) is 0 Å². The molecular formula is C13H20BrN2O5PS. The minimum atomic E-state index is -4.64. The molecule has 7 nitrogen and oxygen atoms in total. The lowest BCUT2D eigenvalue weighted by molar-refractivity contribution is 0.0386. The summed E-state index contributed by atoms with van der Waals surface area (Å²) in [4.78, 5) is 36.2. The van der Waals surface area contributed by atoms with Crippen LogP contribution < -0.4 is 0 Å². The fraction of sp³-hybridized carbons (Fsp3) is 0.692. The lowest BCUT2D eigenvalue weighted by Gasteiger charge is -2.43. The summed E-state index contributed by atoms with van der Waals surface area (Å²) in [6.45, 7) is 0.912. The third kappa shape index (κ3) is 5.92. The molecule has 2 atom stereocenters. The van der Waals surface area contributed by atoms with Gasteiger partial charge in [-0.05, 0) is 65.1 Å². The molecule has 1 amide bonds. The van der Waals surface area contributed by atoms with Gasteiger partial charge in [0.2, 0.25) is 0 Å². The van der Waals surface area contributed by atoms with Gasteiger partial charge in [-0.15, -0.1) is 0 Å². The zero-order valence-electron chi connectivity index (χ0n) is 12.5. The quantitative estimate of drug-likeness (QED) is 0.595. The molecule has 0 radical (unpaired) electrons. The number of phosphoric acid groups is 1. The zero-order chi connectivity index (χ0) is 17.0. The fourth-order valence-corrected chi connectivity index (χ4v) is 4.29. The van der Waals surface area contributed by atoms with Gasteiger partial charge in [0.25, 0.3) is 5.91 Å². The Labute approximate surface area is 147 Å². The Morgan fingerprint density at radius 2 is 1.87 bits per heavy atom. The Hall–Kier alpha value is -0.310. The molecule has 0 unspecified atom stereocenters. The number of amides is 1. The molecule has 2 aliphatic rings. The third-order valence-corrected chi connectivity index (χ3v) is 5.45. The van der Waals surface area contributed by atoms with Gasteiger partial charge in [-0.1, -0.05) is 12.8 Å². The summed E-state index contributed by atoms with van der Waals surface area (Å²) < 4.78 is 14.0. The molecule has 2 heterocycles. The molecule has 130 valence electrons. The number of carbonyl (C=O) groups excluding carboxylic acids is 1. The van der Waals surface area contributed by atoms with Crippen molar-refractivity contribution < 1.29 is 24.0 Å². The first-order valence-electron chi connectivity index (χ1n) is 7.47. The van der Waals surface area contributed by atoms with E-state index in [0.717, 1.165) is 22.7 Å². The maximum atomic E-state index is 12.5. The maximum absolute atomic E-state index is 12.5. The van der Waals surface area contributed by atoms with Crippen molar-refractivity contribution >= 4 is 41.2 Å². The van der Waals surface area contributed by atoms with Crippen LogP contribution in [-0.4, -0.2) is 42.4 Å². The van der Waals surface area contributed by atoms with Crippen molar-refractivity contribution in [3.8, 4) is 0 Å². The highest BCUT2D eigenvalue weighted by atomic mass is 79.9. The summed E-state index contributed by atoms with van der Waals surface area (Å²) in [6.07, 6.45) is 7.54. The third-order valence-electron chi connectivity index (χ3n) is 4.20. The molecule has 1 aliphatic heterocycles. The van der Waals surface area contributed by atoms with E-state index in [-0.39, 0.29) is 5.91 Å². The Bertz CT molecular complexity index is 582. The van der Waals surface area contributed by atoms with E-state index in [2.05, 4.69) is 25.2 Å². The number of halogens is 1. The Morgan fingerprint density at radius 1 is 1.26 bits per heavy atom. The van der Waals surface area contributed by atoms with Crippen molar-refractivity contribution in [1.29, 1.82) is 0 Å². The number of likely N-dealkylation sites (tertiary alicyclic amines) is 1. The van der Waals surface area contributed by atoms with Crippen molar-refractivity contribution in [2.45, 2.75) is 44.6 Å². The van der Waals surface area contributed by atoms with Crippen LogP contribution in [0.15, 0.2) is 9.85 Å². The summed E-state index contributed by atoms with van der Waals surface area (Å²) in [5.41, 5.74) is 0.609. The van der Waals surface area contributed by atoms with Gasteiger partial charge in [0, 0.05) is 12.6 Å². The first-order valence-corrected chi connectivity index (χ1v) is 10.6. The van der Waals surface area contributed by atoms with Crippen LogP contribution in [0.5, 0.6) is 0 Å². The lowest BCUT2D eigenvalue weighted by Crippen LogP contribution is -2.49. The normalized spacial score (nSPS) is 24.4. The van der Waals surface area contributed by atoms with Crippen LogP contribution in [0.2, 0.25) is 0 Å². The number of hydrogen-bond donors (Lipinski definition) is 3. The van der Waals surface area contributed by atoms with Crippen LogP contribution in [0.1, 0.15) is 49.0 Å². The minimum absolute atomic E-state index is 0.133. The highest BCUT2D eigenvalue weighted by Gasteiger charge is 2.36.